The minimum atomic E-state index is -0.358. The number of carbonyl (C=O) groups excluding carboxylic acids is 4. The van der Waals surface area contributed by atoms with Gasteiger partial charge >= 0.3 is 0 Å². The molecule has 4 amide bonds. The van der Waals surface area contributed by atoms with Crippen molar-refractivity contribution < 1.29 is 19.2 Å². The monoisotopic (exact) mass is 588 g/mol. The third-order valence-electron chi connectivity index (χ3n) is 5.95. The molecule has 224 valence electrons. The second kappa shape index (κ2) is 16.6. The summed E-state index contributed by atoms with van der Waals surface area (Å²) in [6, 6.07) is 33.6. The van der Waals surface area contributed by atoms with Crippen LogP contribution in [0.5, 0.6) is 0 Å². The van der Waals surface area contributed by atoms with Crippen molar-refractivity contribution in [2.75, 3.05) is 10.6 Å². The summed E-state index contributed by atoms with van der Waals surface area (Å²) in [6.07, 6.45) is 3.29. The van der Waals surface area contributed by atoms with Crippen LogP contribution in [-0.2, 0) is 19.2 Å². The van der Waals surface area contributed by atoms with E-state index in [9.17, 15) is 19.2 Å². The molecule has 0 aliphatic carbocycles. The third kappa shape index (κ3) is 11.6. The van der Waals surface area contributed by atoms with Crippen LogP contribution in [0, 0.1) is 13.8 Å². The fourth-order valence-corrected chi connectivity index (χ4v) is 3.80. The zero-order valence-electron chi connectivity index (χ0n) is 25.2. The van der Waals surface area contributed by atoms with Crippen molar-refractivity contribution in [1.29, 1.82) is 0 Å². The number of nitrogens with one attached hydrogen (secondary N) is 4. The second-order valence-corrected chi connectivity index (χ2v) is 9.94. The number of hydrogen-bond acceptors (Lipinski definition) is 4. The molecule has 0 aromatic heterocycles. The lowest BCUT2D eigenvalue weighted by Crippen LogP contribution is -2.28. The first-order valence-electron chi connectivity index (χ1n) is 13.9. The number of aryl methyl sites for hydroxylation is 2. The maximum atomic E-state index is 12.3. The van der Waals surface area contributed by atoms with Crippen LogP contribution in [0.25, 0.3) is 12.2 Å². The Morgan fingerprint density at radius 3 is 1.09 bits per heavy atom. The van der Waals surface area contributed by atoms with Crippen molar-refractivity contribution in [2.24, 2.45) is 0 Å². The smallest absolute Gasteiger partial charge is 0.272 e. The van der Waals surface area contributed by atoms with Gasteiger partial charge in [-0.2, -0.15) is 0 Å². The Morgan fingerprint density at radius 2 is 0.795 bits per heavy atom. The van der Waals surface area contributed by atoms with Crippen LogP contribution in [0.15, 0.2) is 121 Å². The summed E-state index contributed by atoms with van der Waals surface area (Å²) in [4.78, 5) is 47.3. The molecular weight excluding hydrogens is 552 g/mol. The van der Waals surface area contributed by atoms with Gasteiger partial charge in [0.1, 0.15) is 11.4 Å². The lowest BCUT2D eigenvalue weighted by Gasteiger charge is -2.10. The van der Waals surface area contributed by atoms with Gasteiger partial charge in [0.15, 0.2) is 0 Å². The molecular formula is C36H36N4O4. The normalized spacial score (nSPS) is 10.9. The topological polar surface area (TPSA) is 116 Å². The number of benzene rings is 4. The minimum absolute atomic E-state index is 0.208. The summed E-state index contributed by atoms with van der Waals surface area (Å²) < 4.78 is 0. The highest BCUT2D eigenvalue weighted by atomic mass is 16.2. The van der Waals surface area contributed by atoms with E-state index < -0.39 is 0 Å². The zero-order chi connectivity index (χ0) is 31.9. The summed E-state index contributed by atoms with van der Waals surface area (Å²) >= 11 is 0. The Morgan fingerprint density at radius 1 is 0.477 bits per heavy atom. The molecule has 0 heterocycles. The number of hydrogen-bond donors (Lipinski definition) is 4. The molecule has 0 aliphatic heterocycles. The van der Waals surface area contributed by atoms with Crippen LogP contribution in [0.1, 0.15) is 36.1 Å². The Kier molecular flexibility index (Phi) is 12.4. The molecule has 8 heteroatoms. The van der Waals surface area contributed by atoms with E-state index >= 15 is 0 Å². The molecule has 0 radical (unpaired) electrons. The van der Waals surface area contributed by atoms with E-state index in [0.717, 1.165) is 22.3 Å². The fourth-order valence-electron chi connectivity index (χ4n) is 3.80. The highest BCUT2D eigenvalue weighted by molar-refractivity contribution is 6.09. The van der Waals surface area contributed by atoms with E-state index in [2.05, 4.69) is 21.3 Å². The van der Waals surface area contributed by atoms with Crippen LogP contribution in [0.4, 0.5) is 11.4 Å². The molecule has 0 aliphatic rings. The van der Waals surface area contributed by atoms with Gasteiger partial charge in [-0.25, -0.2) is 0 Å². The number of amides is 4. The van der Waals surface area contributed by atoms with Crippen LogP contribution in [0.3, 0.4) is 0 Å². The van der Waals surface area contributed by atoms with Crippen LogP contribution in [-0.4, -0.2) is 23.6 Å². The molecule has 0 saturated heterocycles. The molecule has 0 spiro atoms. The fraction of sp³-hybridized carbons (Fsp3) is 0.111. The average molecular weight is 589 g/mol. The molecule has 4 aromatic carbocycles. The van der Waals surface area contributed by atoms with Crippen molar-refractivity contribution in [2.45, 2.75) is 27.7 Å². The highest BCUT2D eigenvalue weighted by Gasteiger charge is 2.12. The van der Waals surface area contributed by atoms with E-state index in [1.165, 1.54) is 13.8 Å². The average Bonchev–Trinajstić information content (AvgIpc) is 3.00. The first kappa shape index (κ1) is 32.8. The van der Waals surface area contributed by atoms with E-state index in [-0.39, 0.29) is 35.0 Å². The molecule has 4 rings (SSSR count). The number of rotatable bonds is 8. The Hall–Kier alpha value is -5.76. The summed E-state index contributed by atoms with van der Waals surface area (Å²) in [7, 11) is 0. The van der Waals surface area contributed by atoms with Gasteiger partial charge in [-0.05, 0) is 61.4 Å². The van der Waals surface area contributed by atoms with E-state index in [1.54, 1.807) is 12.2 Å². The maximum absolute atomic E-state index is 12.3. The number of carbonyl (C=O) groups is 4. The zero-order valence-corrected chi connectivity index (χ0v) is 25.2. The van der Waals surface area contributed by atoms with Gasteiger partial charge in [-0.1, -0.05) is 96.1 Å². The van der Waals surface area contributed by atoms with Crippen molar-refractivity contribution in [3.63, 3.8) is 0 Å². The van der Waals surface area contributed by atoms with Crippen LogP contribution in [0.2, 0.25) is 0 Å². The Balaban J connectivity index is 0.000000240. The highest BCUT2D eigenvalue weighted by Crippen LogP contribution is 2.13. The molecule has 4 aromatic rings. The van der Waals surface area contributed by atoms with Crippen LogP contribution >= 0.6 is 0 Å². The van der Waals surface area contributed by atoms with Crippen molar-refractivity contribution in [3.8, 4) is 0 Å². The van der Waals surface area contributed by atoms with Gasteiger partial charge in [0.25, 0.3) is 11.8 Å². The molecule has 0 saturated carbocycles. The quantitative estimate of drug-likeness (QED) is 0.183. The van der Waals surface area contributed by atoms with E-state index in [0.29, 0.717) is 11.4 Å². The summed E-state index contributed by atoms with van der Waals surface area (Å²) in [6.45, 7) is 6.70. The summed E-state index contributed by atoms with van der Waals surface area (Å²) in [5.41, 5.74) is 5.67. The SMILES string of the molecule is CC(=O)N/C(=C/c1ccccc1)C(=O)Nc1ccc(C)cc1.CC(=O)N/C(=C\c1ccccc1)C(=O)Nc1ccc(C)cc1. The largest absolute Gasteiger partial charge is 0.322 e. The van der Waals surface area contributed by atoms with E-state index in [1.807, 2.05) is 123 Å². The van der Waals surface area contributed by atoms with Gasteiger partial charge in [0.2, 0.25) is 11.8 Å². The molecule has 0 unspecified atom stereocenters. The number of anilines is 2. The molecule has 4 N–H and O–H groups in total. The first-order chi connectivity index (χ1) is 21.1. The van der Waals surface area contributed by atoms with Gasteiger partial charge in [-0.3, -0.25) is 19.2 Å². The van der Waals surface area contributed by atoms with Crippen molar-refractivity contribution in [3.05, 3.63) is 143 Å². The van der Waals surface area contributed by atoms with Gasteiger partial charge in [0.05, 0.1) is 0 Å². The van der Waals surface area contributed by atoms with Gasteiger partial charge < -0.3 is 21.3 Å². The summed E-state index contributed by atoms with van der Waals surface area (Å²) in [5, 5.41) is 10.7. The molecule has 0 bridgehead atoms. The molecule has 44 heavy (non-hydrogen) atoms. The van der Waals surface area contributed by atoms with E-state index in [4.69, 9.17) is 0 Å². The Bertz CT molecular complexity index is 1500. The van der Waals surface area contributed by atoms with Gasteiger partial charge in [-0.15, -0.1) is 0 Å². The van der Waals surface area contributed by atoms with Crippen molar-refractivity contribution >= 4 is 47.2 Å². The predicted octanol–water partition coefficient (Wildman–Crippen LogP) is 6.22. The molecule has 8 nitrogen and oxygen atoms in total. The standard InChI is InChI=1S/2C18H18N2O2/c2*1-13-8-10-16(11-9-13)20-18(22)17(19-14(2)21)12-15-6-4-3-5-7-15/h2*3-12H,1-2H3,(H,19,21)(H,20,22)/b17-12+;17-12-. The lowest BCUT2D eigenvalue weighted by atomic mass is 10.2. The summed E-state index contributed by atoms with van der Waals surface area (Å²) in [5.74, 6) is -1.30. The predicted molar refractivity (Wildman–Crippen MR) is 176 cm³/mol. The minimum Gasteiger partial charge on any atom is -0.322 e. The second-order valence-electron chi connectivity index (χ2n) is 9.94. The Labute approximate surface area is 257 Å². The van der Waals surface area contributed by atoms with Gasteiger partial charge in [0, 0.05) is 25.2 Å². The molecule has 0 atom stereocenters. The first-order valence-corrected chi connectivity index (χ1v) is 13.9. The maximum Gasteiger partial charge on any atom is 0.272 e. The lowest BCUT2D eigenvalue weighted by molar-refractivity contribution is -0.120. The van der Waals surface area contributed by atoms with Crippen LogP contribution < -0.4 is 21.3 Å². The van der Waals surface area contributed by atoms with Crippen molar-refractivity contribution in [1.82, 2.24) is 10.6 Å². The molecule has 0 fully saturated rings. The third-order valence-corrected chi connectivity index (χ3v) is 5.95.